The van der Waals surface area contributed by atoms with Crippen molar-refractivity contribution in [2.24, 2.45) is 0 Å². The van der Waals surface area contributed by atoms with Gasteiger partial charge in [-0.05, 0) is 42.0 Å². The number of methoxy groups -OCH3 is 3. The highest BCUT2D eigenvalue weighted by molar-refractivity contribution is 5.74. The molecule has 7 heteroatoms. The molecule has 0 aliphatic carbocycles. The number of hydrogen-bond acceptors (Lipinski definition) is 6. The predicted molar refractivity (Wildman–Crippen MR) is 121 cm³/mol. The van der Waals surface area contributed by atoms with Crippen LogP contribution in [0.4, 0.5) is 5.69 Å². The monoisotopic (exact) mass is 416 g/mol. The van der Waals surface area contributed by atoms with Gasteiger partial charge in [0.2, 0.25) is 0 Å². The van der Waals surface area contributed by atoms with E-state index in [-0.39, 0.29) is 0 Å². The Balaban J connectivity index is 1.58. The summed E-state index contributed by atoms with van der Waals surface area (Å²) >= 11 is 0. The number of aromatic amines is 1. The minimum atomic E-state index is 0.599. The van der Waals surface area contributed by atoms with E-state index in [4.69, 9.17) is 14.2 Å². The lowest BCUT2D eigenvalue weighted by atomic mass is 10.1. The van der Waals surface area contributed by atoms with E-state index in [0.717, 1.165) is 39.6 Å². The maximum absolute atomic E-state index is 5.36. The summed E-state index contributed by atoms with van der Waals surface area (Å²) in [6.45, 7) is 0.599. The molecular formula is C24H24N4O3. The standard InChI is InChI=1S/C24H24N4O3/c1-29-18-8-6-7-17(13-18)23-26-24(28-27-23)21-9-4-5-10-22(21)25-15-16-11-19(30-2)14-20(12-16)31-3/h4-14,25H,15H2,1-3H3,(H,26,27,28). The lowest BCUT2D eigenvalue weighted by molar-refractivity contribution is 0.393. The molecule has 3 aromatic carbocycles. The number of anilines is 1. The van der Waals surface area contributed by atoms with Crippen molar-refractivity contribution in [2.75, 3.05) is 26.6 Å². The molecule has 0 aliphatic heterocycles. The van der Waals surface area contributed by atoms with Crippen LogP contribution in [0.2, 0.25) is 0 Å². The fraction of sp³-hybridized carbons (Fsp3) is 0.167. The van der Waals surface area contributed by atoms with E-state index in [0.29, 0.717) is 18.2 Å². The second-order valence-corrected chi connectivity index (χ2v) is 6.87. The molecule has 4 aromatic rings. The zero-order valence-electron chi connectivity index (χ0n) is 17.7. The number of H-pyrrole nitrogens is 1. The molecular weight excluding hydrogens is 392 g/mol. The third-order valence-electron chi connectivity index (χ3n) is 4.91. The van der Waals surface area contributed by atoms with Crippen molar-refractivity contribution in [1.82, 2.24) is 15.2 Å². The number of nitrogens with zero attached hydrogens (tertiary/aromatic N) is 2. The Labute approximate surface area is 181 Å². The zero-order valence-corrected chi connectivity index (χ0v) is 17.7. The Morgan fingerprint density at radius 2 is 1.45 bits per heavy atom. The number of rotatable bonds is 8. The lowest BCUT2D eigenvalue weighted by Crippen LogP contribution is -2.02. The molecule has 158 valence electrons. The van der Waals surface area contributed by atoms with Gasteiger partial charge in [-0.25, -0.2) is 0 Å². The van der Waals surface area contributed by atoms with Gasteiger partial charge in [-0.1, -0.05) is 24.3 Å². The van der Waals surface area contributed by atoms with Gasteiger partial charge in [-0.15, -0.1) is 10.2 Å². The molecule has 0 aliphatic rings. The minimum absolute atomic E-state index is 0.599. The maximum atomic E-state index is 5.36. The quantitative estimate of drug-likeness (QED) is 0.430. The molecule has 0 unspecified atom stereocenters. The van der Waals surface area contributed by atoms with Crippen LogP contribution in [-0.2, 0) is 6.54 Å². The van der Waals surface area contributed by atoms with Crippen molar-refractivity contribution in [2.45, 2.75) is 6.54 Å². The van der Waals surface area contributed by atoms with Crippen molar-refractivity contribution >= 4 is 5.69 Å². The second-order valence-electron chi connectivity index (χ2n) is 6.87. The second kappa shape index (κ2) is 9.21. The fourth-order valence-electron chi connectivity index (χ4n) is 3.29. The summed E-state index contributed by atoms with van der Waals surface area (Å²) in [5, 5.41) is 12.2. The third-order valence-corrected chi connectivity index (χ3v) is 4.91. The van der Waals surface area contributed by atoms with Crippen LogP contribution in [0, 0.1) is 0 Å². The molecule has 0 radical (unpaired) electrons. The molecule has 0 fully saturated rings. The molecule has 1 heterocycles. The summed E-state index contributed by atoms with van der Waals surface area (Å²) in [5.41, 5.74) is 3.82. The number of nitrogens with one attached hydrogen (secondary N) is 2. The van der Waals surface area contributed by atoms with Crippen molar-refractivity contribution in [3.8, 4) is 40.0 Å². The van der Waals surface area contributed by atoms with Crippen LogP contribution in [0.1, 0.15) is 5.56 Å². The summed E-state index contributed by atoms with van der Waals surface area (Å²) in [7, 11) is 4.93. The van der Waals surface area contributed by atoms with E-state index in [1.165, 1.54) is 0 Å². The number of aromatic nitrogens is 3. The topological polar surface area (TPSA) is 81.3 Å². The van der Waals surface area contributed by atoms with E-state index in [1.54, 1.807) is 21.3 Å². The molecule has 2 N–H and O–H groups in total. The average molecular weight is 416 g/mol. The SMILES string of the molecule is COc1cc(CNc2ccccc2-c2nnc(-c3cccc(OC)c3)[nH]2)cc(OC)c1. The maximum Gasteiger partial charge on any atom is 0.163 e. The van der Waals surface area contributed by atoms with E-state index < -0.39 is 0 Å². The molecule has 0 saturated carbocycles. The first-order valence-corrected chi connectivity index (χ1v) is 9.82. The van der Waals surface area contributed by atoms with Gasteiger partial charge in [0.1, 0.15) is 17.2 Å². The summed E-state index contributed by atoms with van der Waals surface area (Å²) < 4.78 is 16.0. The molecule has 7 nitrogen and oxygen atoms in total. The predicted octanol–water partition coefficient (Wildman–Crippen LogP) is 4.78. The molecule has 0 amide bonds. The summed E-state index contributed by atoms with van der Waals surface area (Å²) in [5.74, 6) is 3.64. The molecule has 31 heavy (non-hydrogen) atoms. The first-order valence-electron chi connectivity index (χ1n) is 9.82. The van der Waals surface area contributed by atoms with Gasteiger partial charge >= 0.3 is 0 Å². The number of benzene rings is 3. The highest BCUT2D eigenvalue weighted by Gasteiger charge is 2.12. The van der Waals surface area contributed by atoms with Crippen LogP contribution in [0.3, 0.4) is 0 Å². The molecule has 0 spiro atoms. The van der Waals surface area contributed by atoms with Crippen molar-refractivity contribution < 1.29 is 14.2 Å². The van der Waals surface area contributed by atoms with Gasteiger partial charge < -0.3 is 24.5 Å². The van der Waals surface area contributed by atoms with Crippen LogP contribution in [0.5, 0.6) is 17.2 Å². The average Bonchev–Trinajstić information content (AvgIpc) is 3.33. The minimum Gasteiger partial charge on any atom is -0.497 e. The van der Waals surface area contributed by atoms with Crippen LogP contribution in [0.25, 0.3) is 22.8 Å². The van der Waals surface area contributed by atoms with Crippen LogP contribution >= 0.6 is 0 Å². The third kappa shape index (κ3) is 4.61. The number of hydrogen-bond donors (Lipinski definition) is 2. The smallest absolute Gasteiger partial charge is 0.163 e. The summed E-state index contributed by atoms with van der Waals surface area (Å²) in [6, 6.07) is 21.5. The molecule has 0 bridgehead atoms. The summed E-state index contributed by atoms with van der Waals surface area (Å²) in [4.78, 5) is 3.31. The van der Waals surface area contributed by atoms with Gasteiger partial charge in [0.05, 0.1) is 21.3 Å². The van der Waals surface area contributed by atoms with Gasteiger partial charge in [0.15, 0.2) is 11.6 Å². The highest BCUT2D eigenvalue weighted by Crippen LogP contribution is 2.29. The highest BCUT2D eigenvalue weighted by atomic mass is 16.5. The van der Waals surface area contributed by atoms with Gasteiger partial charge in [0.25, 0.3) is 0 Å². The molecule has 0 atom stereocenters. The van der Waals surface area contributed by atoms with E-state index in [1.807, 2.05) is 66.7 Å². The molecule has 1 aromatic heterocycles. The summed E-state index contributed by atoms with van der Waals surface area (Å²) in [6.07, 6.45) is 0. The van der Waals surface area contributed by atoms with Gasteiger partial charge in [-0.2, -0.15) is 0 Å². The van der Waals surface area contributed by atoms with E-state index in [2.05, 4.69) is 20.5 Å². The van der Waals surface area contributed by atoms with E-state index in [9.17, 15) is 0 Å². The number of para-hydroxylation sites is 1. The van der Waals surface area contributed by atoms with E-state index >= 15 is 0 Å². The molecule has 4 rings (SSSR count). The van der Waals surface area contributed by atoms with Crippen LogP contribution in [0.15, 0.2) is 66.7 Å². The largest absolute Gasteiger partial charge is 0.497 e. The van der Waals surface area contributed by atoms with Gasteiger partial charge in [-0.3, -0.25) is 0 Å². The fourth-order valence-corrected chi connectivity index (χ4v) is 3.29. The number of ether oxygens (including phenoxy) is 3. The van der Waals surface area contributed by atoms with Crippen molar-refractivity contribution in [1.29, 1.82) is 0 Å². The van der Waals surface area contributed by atoms with Crippen LogP contribution in [-0.4, -0.2) is 36.5 Å². The Morgan fingerprint density at radius 1 is 0.742 bits per heavy atom. The zero-order chi connectivity index (χ0) is 21.6. The van der Waals surface area contributed by atoms with Crippen molar-refractivity contribution in [3.05, 3.63) is 72.3 Å². The normalized spacial score (nSPS) is 10.5. The van der Waals surface area contributed by atoms with Crippen molar-refractivity contribution in [3.63, 3.8) is 0 Å². The Kier molecular flexibility index (Phi) is 6.03. The van der Waals surface area contributed by atoms with Crippen LogP contribution < -0.4 is 19.5 Å². The Bertz CT molecular complexity index is 1150. The Hall–Kier alpha value is -4.00. The first-order chi connectivity index (χ1) is 15.2. The van der Waals surface area contributed by atoms with Gasteiger partial charge in [0, 0.05) is 29.4 Å². The lowest BCUT2D eigenvalue weighted by Gasteiger charge is -2.12. The Morgan fingerprint density at radius 3 is 2.19 bits per heavy atom. The first kappa shape index (κ1) is 20.3. The molecule has 0 saturated heterocycles.